The fraction of sp³-hybridized carbons (Fsp3) is 0.0556. The van der Waals surface area contributed by atoms with Gasteiger partial charge in [-0.2, -0.15) is 0 Å². The second-order valence-electron chi connectivity index (χ2n) is 5.27. The molecule has 1 aromatic heterocycles. The van der Waals surface area contributed by atoms with E-state index in [4.69, 9.17) is 23.4 Å². The Morgan fingerprint density at radius 1 is 0.923 bits per heavy atom. The van der Waals surface area contributed by atoms with Gasteiger partial charge in [-0.3, -0.25) is 14.4 Å². The minimum atomic E-state index is -0.423. The van der Waals surface area contributed by atoms with Gasteiger partial charge < -0.3 is 23.4 Å². The Morgan fingerprint density at radius 2 is 1.73 bits per heavy atom. The van der Waals surface area contributed by atoms with Crippen LogP contribution in [0.4, 0.5) is 0 Å². The molecule has 0 atom stereocenters. The van der Waals surface area contributed by atoms with Crippen LogP contribution in [-0.2, 0) is 9.59 Å². The third kappa shape index (κ3) is 2.63. The number of hydrogen-bond donors (Lipinski definition) is 0. The van der Waals surface area contributed by atoms with Crippen LogP contribution >= 0.6 is 0 Å². The molecule has 1 aliphatic rings. The summed E-state index contributed by atoms with van der Waals surface area (Å²) in [6.45, 7) is 0.509. The zero-order valence-electron chi connectivity index (χ0n) is 13.1. The van der Waals surface area contributed by atoms with E-state index in [2.05, 4.69) is 0 Å². The van der Waals surface area contributed by atoms with Crippen LogP contribution in [0.15, 0.2) is 45.6 Å². The van der Waals surface area contributed by atoms with Crippen molar-refractivity contribution in [3.63, 3.8) is 0 Å². The van der Waals surface area contributed by atoms with Gasteiger partial charge in [0, 0.05) is 23.8 Å². The fourth-order valence-electron chi connectivity index (χ4n) is 2.69. The van der Waals surface area contributed by atoms with Gasteiger partial charge >= 0.3 is 0 Å². The summed E-state index contributed by atoms with van der Waals surface area (Å²) in [5.41, 5.74) is 0.266. The van der Waals surface area contributed by atoms with Crippen LogP contribution < -0.4 is 24.4 Å². The molecule has 0 fully saturated rings. The van der Waals surface area contributed by atoms with Crippen LogP contribution in [0.5, 0.6) is 23.0 Å². The van der Waals surface area contributed by atoms with Gasteiger partial charge in [-0.05, 0) is 18.2 Å². The van der Waals surface area contributed by atoms with Crippen LogP contribution in [0.3, 0.4) is 0 Å². The van der Waals surface area contributed by atoms with Crippen LogP contribution in [0, 0.1) is 0 Å². The summed E-state index contributed by atoms with van der Waals surface area (Å²) in [5, 5.41) is 0.0554. The molecule has 2 aromatic carbocycles. The highest BCUT2D eigenvalue weighted by atomic mass is 16.7. The van der Waals surface area contributed by atoms with E-state index in [0.29, 0.717) is 17.1 Å². The molecule has 4 rings (SSSR count). The monoisotopic (exact) mass is 354 g/mol. The Kier molecular flexibility index (Phi) is 3.77. The minimum Gasteiger partial charge on any atom is -0.456 e. The molecule has 0 N–H and O–H groups in total. The van der Waals surface area contributed by atoms with Gasteiger partial charge in [-0.25, -0.2) is 0 Å². The first-order valence-corrected chi connectivity index (χ1v) is 7.42. The van der Waals surface area contributed by atoms with E-state index in [0.717, 1.165) is 0 Å². The molecule has 2 heterocycles. The van der Waals surface area contributed by atoms with E-state index >= 15 is 0 Å². The van der Waals surface area contributed by atoms with Crippen molar-refractivity contribution in [2.75, 3.05) is 6.79 Å². The first-order valence-electron chi connectivity index (χ1n) is 7.42. The molecule has 0 amide bonds. The standard InChI is InChI=1S/C18H10O8/c19-7-22-11-4-16(23-8-20)18-12(21)6-14(26-17(18)5-11)10-1-2-13-15(3-10)25-9-24-13/h1-8H,9H2. The van der Waals surface area contributed by atoms with Crippen LogP contribution in [0.25, 0.3) is 22.3 Å². The highest BCUT2D eigenvalue weighted by Crippen LogP contribution is 2.37. The smallest absolute Gasteiger partial charge is 0.298 e. The number of ether oxygens (including phenoxy) is 4. The molecule has 0 aliphatic carbocycles. The van der Waals surface area contributed by atoms with Crippen molar-refractivity contribution in [2.24, 2.45) is 0 Å². The van der Waals surface area contributed by atoms with Gasteiger partial charge in [-0.15, -0.1) is 0 Å². The maximum absolute atomic E-state index is 12.5. The Balaban J connectivity index is 1.91. The number of benzene rings is 2. The molecule has 3 aromatic rings. The molecule has 0 saturated heterocycles. The number of hydrogen-bond acceptors (Lipinski definition) is 8. The van der Waals surface area contributed by atoms with Crippen molar-refractivity contribution in [2.45, 2.75) is 0 Å². The maximum atomic E-state index is 12.5. The third-order valence-corrected chi connectivity index (χ3v) is 3.78. The molecule has 8 heteroatoms. The Hall–Kier alpha value is -3.81. The number of carbonyl (C=O) groups is 2. The van der Waals surface area contributed by atoms with Crippen molar-refractivity contribution in [1.29, 1.82) is 0 Å². The van der Waals surface area contributed by atoms with E-state index in [9.17, 15) is 14.4 Å². The summed E-state index contributed by atoms with van der Waals surface area (Å²) in [6.07, 6.45) is 0. The molecular formula is C18H10O8. The lowest BCUT2D eigenvalue weighted by Gasteiger charge is -2.08. The molecule has 1 aliphatic heterocycles. The number of fused-ring (bicyclic) bond motifs is 2. The zero-order valence-corrected chi connectivity index (χ0v) is 13.1. The molecule has 26 heavy (non-hydrogen) atoms. The quantitative estimate of drug-likeness (QED) is 0.643. The largest absolute Gasteiger partial charge is 0.456 e. The van der Waals surface area contributed by atoms with E-state index in [1.807, 2.05) is 0 Å². The van der Waals surface area contributed by atoms with E-state index in [1.54, 1.807) is 18.2 Å². The lowest BCUT2D eigenvalue weighted by Crippen LogP contribution is -2.04. The second kappa shape index (κ2) is 6.25. The molecule has 0 spiro atoms. The molecular weight excluding hydrogens is 344 g/mol. The Morgan fingerprint density at radius 3 is 2.54 bits per heavy atom. The molecule has 0 saturated carbocycles. The SMILES string of the molecule is O=COc1cc(OC=O)c2c(=O)cc(-c3ccc4c(c3)OCO4)oc2c1. The van der Waals surface area contributed by atoms with Gasteiger partial charge in [0.05, 0.1) is 0 Å². The zero-order chi connectivity index (χ0) is 18.1. The minimum absolute atomic E-state index is 0.0554. The lowest BCUT2D eigenvalue weighted by molar-refractivity contribution is -0.121. The van der Waals surface area contributed by atoms with E-state index < -0.39 is 5.43 Å². The first kappa shape index (κ1) is 15.7. The summed E-state index contributed by atoms with van der Waals surface area (Å²) in [6, 6.07) is 8.99. The van der Waals surface area contributed by atoms with Crippen LogP contribution in [0.2, 0.25) is 0 Å². The summed E-state index contributed by atoms with van der Waals surface area (Å²) in [7, 11) is 0. The average molecular weight is 354 g/mol. The molecule has 0 radical (unpaired) electrons. The van der Waals surface area contributed by atoms with Gasteiger partial charge in [0.15, 0.2) is 16.9 Å². The van der Waals surface area contributed by atoms with Gasteiger partial charge in [0.2, 0.25) is 6.79 Å². The molecule has 8 nitrogen and oxygen atoms in total. The highest BCUT2D eigenvalue weighted by Gasteiger charge is 2.18. The predicted octanol–water partition coefficient (Wildman–Crippen LogP) is 2.26. The fourth-order valence-corrected chi connectivity index (χ4v) is 2.69. The topological polar surface area (TPSA) is 101 Å². The van der Waals surface area contributed by atoms with E-state index in [1.165, 1.54) is 18.2 Å². The van der Waals surface area contributed by atoms with Crippen molar-refractivity contribution < 1.29 is 33.0 Å². The summed E-state index contributed by atoms with van der Waals surface area (Å²) >= 11 is 0. The normalized spacial score (nSPS) is 12.0. The summed E-state index contributed by atoms with van der Waals surface area (Å²) in [4.78, 5) is 33.8. The first-order chi connectivity index (χ1) is 12.7. The van der Waals surface area contributed by atoms with Gasteiger partial charge in [-0.1, -0.05) is 0 Å². The Labute approximate surface area is 145 Å². The highest BCUT2D eigenvalue weighted by molar-refractivity contribution is 5.87. The van der Waals surface area contributed by atoms with Crippen LogP contribution in [0.1, 0.15) is 0 Å². The number of carbonyl (C=O) groups excluding carboxylic acids is 2. The molecule has 130 valence electrons. The van der Waals surface area contributed by atoms with Crippen molar-refractivity contribution in [3.8, 4) is 34.3 Å². The summed E-state index contributed by atoms with van der Waals surface area (Å²) < 4.78 is 25.9. The lowest BCUT2D eigenvalue weighted by atomic mass is 10.1. The van der Waals surface area contributed by atoms with Crippen molar-refractivity contribution in [3.05, 3.63) is 46.6 Å². The average Bonchev–Trinajstić information content (AvgIpc) is 3.09. The molecule has 0 unspecified atom stereocenters. The van der Waals surface area contributed by atoms with Crippen molar-refractivity contribution in [1.82, 2.24) is 0 Å². The van der Waals surface area contributed by atoms with E-state index in [-0.39, 0.29) is 48.0 Å². The van der Waals surface area contributed by atoms with Gasteiger partial charge in [0.25, 0.3) is 12.9 Å². The Bertz CT molecular complexity index is 1080. The van der Waals surface area contributed by atoms with Crippen molar-refractivity contribution >= 4 is 23.9 Å². The molecule has 0 bridgehead atoms. The third-order valence-electron chi connectivity index (χ3n) is 3.78. The maximum Gasteiger partial charge on any atom is 0.298 e. The second-order valence-corrected chi connectivity index (χ2v) is 5.27. The number of rotatable bonds is 5. The van der Waals surface area contributed by atoms with Crippen LogP contribution in [-0.4, -0.2) is 19.7 Å². The van der Waals surface area contributed by atoms with Gasteiger partial charge in [0.1, 0.15) is 28.2 Å². The predicted molar refractivity (Wildman–Crippen MR) is 87.4 cm³/mol. The summed E-state index contributed by atoms with van der Waals surface area (Å²) in [5.74, 6) is 1.39.